The quantitative estimate of drug-likeness (QED) is 0.0771. The lowest BCUT2D eigenvalue weighted by atomic mass is 9.47. The number of carbonyl (C=O) groups is 2. The maximum Gasteiger partial charge on any atom is 0.315 e. The van der Waals surface area contributed by atoms with Gasteiger partial charge in [-0.25, -0.2) is 4.79 Å². The van der Waals surface area contributed by atoms with Crippen LogP contribution in [0.5, 0.6) is 0 Å². The molecular formula is C37H64N4O3S. The van der Waals surface area contributed by atoms with Crippen molar-refractivity contribution in [2.45, 2.75) is 148 Å². The van der Waals surface area contributed by atoms with E-state index in [4.69, 9.17) is 0 Å². The van der Waals surface area contributed by atoms with Crippen molar-refractivity contribution in [1.82, 2.24) is 15.5 Å². The summed E-state index contributed by atoms with van der Waals surface area (Å²) in [6.45, 7) is 13.0. The highest BCUT2D eigenvalue weighted by Gasteiger charge is 2.59. The first-order valence-corrected chi connectivity index (χ1v) is 19.7. The molecule has 45 heavy (non-hydrogen) atoms. The molecule has 256 valence electrons. The van der Waals surface area contributed by atoms with E-state index < -0.39 is 0 Å². The molecule has 2 heterocycles. The summed E-state index contributed by atoms with van der Waals surface area (Å²) in [5.41, 5.74) is 1.39. The third kappa shape index (κ3) is 7.36. The minimum Gasteiger partial charge on any atom is -0.411 e. The number of nitrogens with zero attached hydrogens (tertiary/aromatic N) is 2. The van der Waals surface area contributed by atoms with Gasteiger partial charge in [-0.2, -0.15) is 11.8 Å². The number of urea groups is 1. The molecule has 0 aromatic heterocycles. The standard InChI is InChI=1S/C37H64N4O3S/c1-24(2)11-9-12-25(3)27-16-17-28-26-15-18-32(40-44)37(5,29(26)19-21-36(27,28)4)20-10-22-41(6)33(42)14-8-7-13-31-34-30(23-45-31)38-35(43)39-34/h24-31,34,44H,7-23H2,1-6H3,(H2,38,39,43)/b40-32-/t25-,26+,27-,28+,29+,30+,31+,34+,36-,37-/m1/s1. The molecule has 0 spiro atoms. The van der Waals surface area contributed by atoms with Crippen LogP contribution >= 0.6 is 11.8 Å². The van der Waals surface area contributed by atoms with Crippen LogP contribution in [-0.4, -0.2) is 64.4 Å². The van der Waals surface area contributed by atoms with Gasteiger partial charge in [-0.05, 0) is 105 Å². The molecule has 5 aliphatic rings. The molecule has 10 atom stereocenters. The predicted molar refractivity (Wildman–Crippen MR) is 186 cm³/mol. The molecule has 8 heteroatoms. The maximum atomic E-state index is 13.0. The molecule has 0 unspecified atom stereocenters. The summed E-state index contributed by atoms with van der Waals surface area (Å²) in [5, 5.41) is 20.6. The molecular weight excluding hydrogens is 580 g/mol. The van der Waals surface area contributed by atoms with Crippen LogP contribution in [0.25, 0.3) is 0 Å². The Labute approximate surface area is 278 Å². The smallest absolute Gasteiger partial charge is 0.315 e. The van der Waals surface area contributed by atoms with Gasteiger partial charge in [0, 0.05) is 36.4 Å². The van der Waals surface area contributed by atoms with Gasteiger partial charge in [0.25, 0.3) is 0 Å². The second kappa shape index (κ2) is 14.8. The highest BCUT2D eigenvalue weighted by molar-refractivity contribution is 8.00. The van der Waals surface area contributed by atoms with E-state index in [1.165, 1.54) is 51.4 Å². The lowest BCUT2D eigenvalue weighted by Crippen LogP contribution is -2.52. The Hall–Kier alpha value is -1.44. The second-order valence-corrected chi connectivity index (χ2v) is 18.0. The summed E-state index contributed by atoms with van der Waals surface area (Å²) in [4.78, 5) is 26.6. The van der Waals surface area contributed by atoms with Gasteiger partial charge in [0.15, 0.2) is 0 Å². The summed E-state index contributed by atoms with van der Waals surface area (Å²) in [7, 11) is 1.96. The van der Waals surface area contributed by atoms with Crippen LogP contribution in [0.4, 0.5) is 4.79 Å². The van der Waals surface area contributed by atoms with E-state index in [0.717, 1.165) is 86.1 Å². The average Bonchev–Trinajstić information content (AvgIpc) is 3.66. The van der Waals surface area contributed by atoms with Crippen LogP contribution in [0.3, 0.4) is 0 Å². The van der Waals surface area contributed by atoms with E-state index in [1.807, 2.05) is 23.7 Å². The minimum atomic E-state index is -0.0782. The molecule has 0 bridgehead atoms. The van der Waals surface area contributed by atoms with Crippen LogP contribution in [0.1, 0.15) is 131 Å². The molecule has 3 N–H and O–H groups in total. The molecule has 3 aliphatic carbocycles. The van der Waals surface area contributed by atoms with Gasteiger partial charge < -0.3 is 20.7 Å². The summed E-state index contributed by atoms with van der Waals surface area (Å²) >= 11 is 1.94. The van der Waals surface area contributed by atoms with Crippen molar-refractivity contribution in [2.24, 2.45) is 51.5 Å². The lowest BCUT2D eigenvalue weighted by Gasteiger charge is -2.57. The first-order chi connectivity index (χ1) is 21.5. The van der Waals surface area contributed by atoms with E-state index in [-0.39, 0.29) is 29.4 Å². The molecule has 5 rings (SSSR count). The monoisotopic (exact) mass is 644 g/mol. The Morgan fingerprint density at radius 3 is 2.60 bits per heavy atom. The van der Waals surface area contributed by atoms with Crippen molar-refractivity contribution in [3.8, 4) is 0 Å². The fraction of sp³-hybridized carbons (Fsp3) is 0.919. The zero-order chi connectivity index (χ0) is 32.4. The summed E-state index contributed by atoms with van der Waals surface area (Å²) in [6.07, 6.45) is 17.0. The van der Waals surface area contributed by atoms with E-state index in [2.05, 4.69) is 50.4 Å². The van der Waals surface area contributed by atoms with Gasteiger partial charge >= 0.3 is 6.03 Å². The average molecular weight is 645 g/mol. The Balaban J connectivity index is 1.09. The van der Waals surface area contributed by atoms with Crippen LogP contribution in [0, 0.1) is 46.3 Å². The van der Waals surface area contributed by atoms with Crippen molar-refractivity contribution in [1.29, 1.82) is 0 Å². The van der Waals surface area contributed by atoms with Gasteiger partial charge in [-0.1, -0.05) is 65.5 Å². The van der Waals surface area contributed by atoms with Crippen molar-refractivity contribution in [2.75, 3.05) is 19.3 Å². The topological polar surface area (TPSA) is 94.0 Å². The molecule has 2 aliphatic heterocycles. The van der Waals surface area contributed by atoms with Gasteiger partial charge in [0.2, 0.25) is 5.91 Å². The molecule has 0 radical (unpaired) electrons. The number of thioether (sulfide) groups is 1. The van der Waals surface area contributed by atoms with Crippen molar-refractivity contribution in [3.63, 3.8) is 0 Å². The summed E-state index contributed by atoms with van der Waals surface area (Å²) in [5.74, 6) is 5.80. The van der Waals surface area contributed by atoms with Crippen molar-refractivity contribution in [3.05, 3.63) is 0 Å². The largest absolute Gasteiger partial charge is 0.411 e. The molecule has 0 aromatic rings. The Morgan fingerprint density at radius 1 is 1.04 bits per heavy atom. The van der Waals surface area contributed by atoms with Gasteiger partial charge in [-0.3, -0.25) is 4.79 Å². The number of hydrogen-bond acceptors (Lipinski definition) is 5. The fourth-order valence-electron chi connectivity index (χ4n) is 11.1. The fourth-order valence-corrected chi connectivity index (χ4v) is 12.6. The van der Waals surface area contributed by atoms with E-state index in [1.54, 1.807) is 0 Å². The lowest BCUT2D eigenvalue weighted by molar-refractivity contribution is -0.130. The van der Waals surface area contributed by atoms with Gasteiger partial charge in [0.1, 0.15) is 0 Å². The number of fused-ring (bicyclic) bond motifs is 4. The van der Waals surface area contributed by atoms with Crippen LogP contribution < -0.4 is 10.6 Å². The number of oxime groups is 1. The van der Waals surface area contributed by atoms with E-state index in [0.29, 0.717) is 23.0 Å². The highest BCUT2D eigenvalue weighted by Crippen LogP contribution is 2.66. The summed E-state index contributed by atoms with van der Waals surface area (Å²) < 4.78 is 0. The molecule has 7 nitrogen and oxygen atoms in total. The number of nitrogens with one attached hydrogen (secondary N) is 2. The molecule has 2 saturated heterocycles. The molecule has 0 aromatic carbocycles. The maximum absolute atomic E-state index is 13.0. The van der Waals surface area contributed by atoms with E-state index >= 15 is 0 Å². The highest BCUT2D eigenvalue weighted by atomic mass is 32.2. The second-order valence-electron chi connectivity index (χ2n) is 16.7. The first-order valence-electron chi connectivity index (χ1n) is 18.6. The third-order valence-electron chi connectivity index (χ3n) is 13.6. The number of unbranched alkanes of at least 4 members (excludes halogenated alkanes) is 1. The molecule has 3 saturated carbocycles. The van der Waals surface area contributed by atoms with Crippen LogP contribution in [-0.2, 0) is 4.79 Å². The molecule has 5 fully saturated rings. The number of amides is 3. The number of rotatable bonds is 14. The van der Waals surface area contributed by atoms with Gasteiger partial charge in [0.05, 0.1) is 17.8 Å². The zero-order valence-corrected chi connectivity index (χ0v) is 30.1. The number of hydrogen-bond donors (Lipinski definition) is 3. The number of carbonyl (C=O) groups excluding carboxylic acids is 2. The third-order valence-corrected chi connectivity index (χ3v) is 15.1. The Bertz CT molecular complexity index is 1070. The normalized spacial score (nSPS) is 38.9. The Kier molecular flexibility index (Phi) is 11.4. The minimum absolute atomic E-state index is 0.0336. The van der Waals surface area contributed by atoms with Crippen molar-refractivity contribution < 1.29 is 14.8 Å². The predicted octanol–water partition coefficient (Wildman–Crippen LogP) is 8.10. The summed E-state index contributed by atoms with van der Waals surface area (Å²) in [6, 6.07) is 0.471. The van der Waals surface area contributed by atoms with E-state index in [9.17, 15) is 14.8 Å². The SMILES string of the molecule is CC(C)CCC[C@@H](C)[C@H]1CC[C@H]2[C@@H]3CC/C(=N/O)[C@](C)(CCCN(C)C(=O)CCCC[C@@H]4SC[C@@H]5NC(=O)N[C@@H]54)[C@H]3CC[C@]12C. The van der Waals surface area contributed by atoms with Crippen LogP contribution in [0.2, 0.25) is 0 Å². The zero-order valence-electron chi connectivity index (χ0n) is 29.3. The van der Waals surface area contributed by atoms with Crippen LogP contribution in [0.15, 0.2) is 5.16 Å². The Morgan fingerprint density at radius 2 is 1.84 bits per heavy atom. The van der Waals surface area contributed by atoms with Crippen molar-refractivity contribution >= 4 is 29.4 Å². The molecule has 3 amide bonds. The first kappa shape index (κ1) is 34.9. The van der Waals surface area contributed by atoms with Gasteiger partial charge in [-0.15, -0.1) is 0 Å².